The van der Waals surface area contributed by atoms with E-state index in [0.717, 1.165) is 12.1 Å². The van der Waals surface area contributed by atoms with Crippen molar-refractivity contribution in [1.82, 2.24) is 15.0 Å². The minimum Gasteiger partial charge on any atom is -0.319 e. The van der Waals surface area contributed by atoms with Gasteiger partial charge in [-0.25, -0.2) is 0 Å². The standard InChI is InChI=1S/C11H10BrF3N4/c1-19-9(5-17-18-19)10(16)7-4-6(11(13,14)15)2-3-8(7)12/h2-5,10H,16H2,1H3. The summed E-state index contributed by atoms with van der Waals surface area (Å²) in [6.07, 6.45) is -2.97. The summed E-state index contributed by atoms with van der Waals surface area (Å²) in [6, 6.07) is 2.63. The van der Waals surface area contributed by atoms with Gasteiger partial charge < -0.3 is 5.73 Å². The number of nitrogens with two attached hydrogens (primary N) is 1. The molecule has 1 atom stereocenters. The Morgan fingerprint density at radius 3 is 2.58 bits per heavy atom. The molecular weight excluding hydrogens is 325 g/mol. The van der Waals surface area contributed by atoms with Crippen molar-refractivity contribution in [2.24, 2.45) is 12.8 Å². The topological polar surface area (TPSA) is 56.7 Å². The first-order valence-corrected chi connectivity index (χ1v) is 6.07. The van der Waals surface area contributed by atoms with Gasteiger partial charge in [0.2, 0.25) is 0 Å². The summed E-state index contributed by atoms with van der Waals surface area (Å²) >= 11 is 3.21. The number of aromatic nitrogens is 3. The van der Waals surface area contributed by atoms with Gasteiger partial charge in [0.05, 0.1) is 23.5 Å². The number of hydrogen-bond donors (Lipinski definition) is 1. The van der Waals surface area contributed by atoms with Crippen LogP contribution in [0.15, 0.2) is 28.9 Å². The van der Waals surface area contributed by atoms with Crippen LogP contribution in [0.5, 0.6) is 0 Å². The third-order valence-electron chi connectivity index (χ3n) is 2.73. The minimum atomic E-state index is -4.40. The van der Waals surface area contributed by atoms with E-state index in [1.54, 1.807) is 7.05 Å². The molecule has 1 aromatic heterocycles. The smallest absolute Gasteiger partial charge is 0.319 e. The van der Waals surface area contributed by atoms with Crippen molar-refractivity contribution in [3.63, 3.8) is 0 Å². The predicted octanol–water partition coefficient (Wildman–Crippen LogP) is 2.64. The molecule has 0 fully saturated rings. The molecule has 1 unspecified atom stereocenters. The molecule has 1 aromatic carbocycles. The lowest BCUT2D eigenvalue weighted by atomic mass is 10.0. The van der Waals surface area contributed by atoms with Gasteiger partial charge in [0.15, 0.2) is 0 Å². The Morgan fingerprint density at radius 1 is 1.37 bits per heavy atom. The molecule has 0 aliphatic carbocycles. The number of hydrogen-bond acceptors (Lipinski definition) is 3. The highest BCUT2D eigenvalue weighted by atomic mass is 79.9. The molecule has 8 heteroatoms. The Bertz CT molecular complexity index is 594. The first-order valence-electron chi connectivity index (χ1n) is 5.27. The quantitative estimate of drug-likeness (QED) is 0.918. The lowest BCUT2D eigenvalue weighted by Gasteiger charge is -2.16. The molecule has 2 N–H and O–H groups in total. The van der Waals surface area contributed by atoms with Crippen LogP contribution < -0.4 is 5.73 Å². The number of nitrogens with zero attached hydrogens (tertiary/aromatic N) is 3. The second-order valence-electron chi connectivity index (χ2n) is 3.99. The van der Waals surface area contributed by atoms with E-state index in [1.807, 2.05) is 0 Å². The van der Waals surface area contributed by atoms with Crippen molar-refractivity contribution in [2.75, 3.05) is 0 Å². The summed E-state index contributed by atoms with van der Waals surface area (Å²) in [5.74, 6) is 0. The van der Waals surface area contributed by atoms with Crippen LogP contribution in [-0.2, 0) is 13.2 Å². The van der Waals surface area contributed by atoms with Crippen molar-refractivity contribution in [1.29, 1.82) is 0 Å². The normalized spacial score (nSPS) is 13.6. The summed E-state index contributed by atoms with van der Waals surface area (Å²) in [5, 5.41) is 7.38. The molecule has 1 heterocycles. The molecule has 0 bridgehead atoms. The number of rotatable bonds is 2. The number of benzene rings is 1. The molecule has 0 saturated carbocycles. The van der Waals surface area contributed by atoms with Crippen molar-refractivity contribution >= 4 is 15.9 Å². The Labute approximate surface area is 115 Å². The van der Waals surface area contributed by atoms with Gasteiger partial charge in [-0.05, 0) is 23.8 Å². The maximum Gasteiger partial charge on any atom is 0.416 e. The number of aryl methyl sites for hydroxylation is 1. The minimum absolute atomic E-state index is 0.334. The van der Waals surface area contributed by atoms with Crippen molar-refractivity contribution < 1.29 is 13.2 Å². The zero-order chi connectivity index (χ0) is 14.2. The van der Waals surface area contributed by atoms with E-state index < -0.39 is 17.8 Å². The summed E-state index contributed by atoms with van der Waals surface area (Å²) in [5.41, 5.74) is 6.10. The zero-order valence-electron chi connectivity index (χ0n) is 9.82. The summed E-state index contributed by atoms with van der Waals surface area (Å²) < 4.78 is 40.0. The molecule has 0 spiro atoms. The summed E-state index contributed by atoms with van der Waals surface area (Å²) in [7, 11) is 1.63. The van der Waals surface area contributed by atoms with Gasteiger partial charge in [-0.3, -0.25) is 4.68 Å². The monoisotopic (exact) mass is 334 g/mol. The lowest BCUT2D eigenvalue weighted by Crippen LogP contribution is -2.17. The highest BCUT2D eigenvalue weighted by Gasteiger charge is 2.31. The fourth-order valence-corrected chi connectivity index (χ4v) is 2.19. The molecule has 0 aliphatic rings. The molecule has 0 radical (unpaired) electrons. The van der Waals surface area contributed by atoms with Gasteiger partial charge in [-0.1, -0.05) is 21.1 Å². The second-order valence-corrected chi connectivity index (χ2v) is 4.85. The molecule has 2 aromatic rings. The molecule has 0 saturated heterocycles. The van der Waals surface area contributed by atoms with Crippen LogP contribution in [0.2, 0.25) is 0 Å². The average Bonchev–Trinajstić information content (AvgIpc) is 2.73. The average molecular weight is 335 g/mol. The molecule has 0 amide bonds. The van der Waals surface area contributed by atoms with Crippen LogP contribution in [0.4, 0.5) is 13.2 Å². The molecule has 2 rings (SSSR count). The van der Waals surface area contributed by atoms with Gasteiger partial charge in [-0.2, -0.15) is 13.2 Å². The van der Waals surface area contributed by atoms with E-state index in [2.05, 4.69) is 26.2 Å². The van der Waals surface area contributed by atoms with Gasteiger partial charge >= 0.3 is 6.18 Å². The van der Waals surface area contributed by atoms with Gasteiger partial charge in [-0.15, -0.1) is 5.10 Å². The Kier molecular flexibility index (Phi) is 3.64. The predicted molar refractivity (Wildman–Crippen MR) is 66.2 cm³/mol. The Hall–Kier alpha value is -1.41. The van der Waals surface area contributed by atoms with Crippen LogP contribution in [0, 0.1) is 0 Å². The highest BCUT2D eigenvalue weighted by Crippen LogP contribution is 2.34. The summed E-state index contributed by atoms with van der Waals surface area (Å²) in [6.45, 7) is 0. The SMILES string of the molecule is Cn1nncc1C(N)c1cc(C(F)(F)F)ccc1Br. The van der Waals surface area contributed by atoms with E-state index in [9.17, 15) is 13.2 Å². The first-order chi connectivity index (χ1) is 8.80. The maximum absolute atomic E-state index is 12.7. The largest absolute Gasteiger partial charge is 0.416 e. The Morgan fingerprint density at radius 2 is 2.05 bits per heavy atom. The van der Waals surface area contributed by atoms with Crippen LogP contribution >= 0.6 is 15.9 Å². The number of alkyl halides is 3. The van der Waals surface area contributed by atoms with Crippen LogP contribution in [0.1, 0.15) is 22.9 Å². The van der Waals surface area contributed by atoms with Crippen LogP contribution in [0.3, 0.4) is 0 Å². The van der Waals surface area contributed by atoms with E-state index in [-0.39, 0.29) is 0 Å². The lowest BCUT2D eigenvalue weighted by molar-refractivity contribution is -0.137. The first kappa shape index (κ1) is 14.0. The van der Waals surface area contributed by atoms with Gasteiger partial charge in [0.1, 0.15) is 0 Å². The molecule has 4 nitrogen and oxygen atoms in total. The van der Waals surface area contributed by atoms with E-state index in [0.29, 0.717) is 15.7 Å². The molecule has 0 aliphatic heterocycles. The van der Waals surface area contributed by atoms with Crippen molar-refractivity contribution in [3.8, 4) is 0 Å². The van der Waals surface area contributed by atoms with Crippen LogP contribution in [-0.4, -0.2) is 15.0 Å². The Balaban J connectivity index is 2.47. The fourth-order valence-electron chi connectivity index (χ4n) is 1.70. The van der Waals surface area contributed by atoms with Crippen LogP contribution in [0.25, 0.3) is 0 Å². The van der Waals surface area contributed by atoms with Gasteiger partial charge in [0.25, 0.3) is 0 Å². The number of halogens is 4. The van der Waals surface area contributed by atoms with Crippen molar-refractivity contribution in [2.45, 2.75) is 12.2 Å². The molecule has 102 valence electrons. The molecular formula is C11H10BrF3N4. The van der Waals surface area contributed by atoms with Crippen molar-refractivity contribution in [3.05, 3.63) is 45.7 Å². The molecule has 19 heavy (non-hydrogen) atoms. The fraction of sp³-hybridized carbons (Fsp3) is 0.273. The van der Waals surface area contributed by atoms with E-state index in [1.165, 1.54) is 16.9 Å². The maximum atomic E-state index is 12.7. The van der Waals surface area contributed by atoms with E-state index >= 15 is 0 Å². The third-order valence-corrected chi connectivity index (χ3v) is 3.45. The highest BCUT2D eigenvalue weighted by molar-refractivity contribution is 9.10. The second kappa shape index (κ2) is 4.93. The zero-order valence-corrected chi connectivity index (χ0v) is 11.4. The van der Waals surface area contributed by atoms with Gasteiger partial charge in [0, 0.05) is 11.5 Å². The van der Waals surface area contributed by atoms with E-state index in [4.69, 9.17) is 5.73 Å². The third kappa shape index (κ3) is 2.79. The summed E-state index contributed by atoms with van der Waals surface area (Å²) in [4.78, 5) is 0.